The standard InChI is InChI=1S/C16H13F4N3S/c1-9(23-14-12-4-5-24-15(12)22-8-21-14)6-10-7-11(17)2-3-13(10)16(18,19)20/h2-5,7-9H,6H2,1H3,(H,21,22,23). The first-order chi connectivity index (χ1) is 11.3. The molecule has 3 aromatic rings. The zero-order valence-corrected chi connectivity index (χ0v) is 13.4. The van der Waals surface area contributed by atoms with Gasteiger partial charge in [0.15, 0.2) is 0 Å². The van der Waals surface area contributed by atoms with Crippen molar-refractivity contribution in [3.8, 4) is 0 Å². The van der Waals surface area contributed by atoms with E-state index >= 15 is 0 Å². The van der Waals surface area contributed by atoms with Crippen LogP contribution in [0.1, 0.15) is 18.1 Å². The van der Waals surface area contributed by atoms with E-state index in [1.54, 1.807) is 6.92 Å². The molecule has 0 radical (unpaired) electrons. The fraction of sp³-hybridized carbons (Fsp3) is 0.250. The molecule has 8 heteroatoms. The van der Waals surface area contributed by atoms with E-state index in [9.17, 15) is 17.6 Å². The average Bonchev–Trinajstić information content (AvgIpc) is 2.95. The minimum atomic E-state index is -4.52. The maximum absolute atomic E-state index is 13.4. The summed E-state index contributed by atoms with van der Waals surface area (Å²) in [6.07, 6.45) is -3.10. The summed E-state index contributed by atoms with van der Waals surface area (Å²) in [5.41, 5.74) is -0.904. The van der Waals surface area contributed by atoms with E-state index in [2.05, 4.69) is 15.3 Å². The lowest BCUT2D eigenvalue weighted by molar-refractivity contribution is -0.138. The lowest BCUT2D eigenvalue weighted by Gasteiger charge is -2.18. The second-order valence-electron chi connectivity index (χ2n) is 5.41. The summed E-state index contributed by atoms with van der Waals surface area (Å²) < 4.78 is 52.6. The summed E-state index contributed by atoms with van der Waals surface area (Å²) in [4.78, 5) is 9.05. The minimum absolute atomic E-state index is 0.0161. The van der Waals surface area contributed by atoms with Crippen LogP contribution >= 0.6 is 11.3 Å². The number of thiophene rings is 1. The number of benzene rings is 1. The molecule has 0 aliphatic heterocycles. The van der Waals surface area contributed by atoms with Gasteiger partial charge in [-0.25, -0.2) is 14.4 Å². The Labute approximate surface area is 139 Å². The number of aromatic nitrogens is 2. The molecule has 0 bridgehead atoms. The third kappa shape index (κ3) is 3.48. The molecule has 24 heavy (non-hydrogen) atoms. The van der Waals surface area contributed by atoms with E-state index in [1.165, 1.54) is 17.7 Å². The number of hydrogen-bond donors (Lipinski definition) is 1. The molecule has 2 heterocycles. The van der Waals surface area contributed by atoms with Crippen molar-refractivity contribution in [3.63, 3.8) is 0 Å². The highest BCUT2D eigenvalue weighted by molar-refractivity contribution is 7.16. The van der Waals surface area contributed by atoms with Gasteiger partial charge in [0.25, 0.3) is 0 Å². The molecular weight excluding hydrogens is 342 g/mol. The highest BCUT2D eigenvalue weighted by Crippen LogP contribution is 2.33. The molecule has 0 aliphatic carbocycles. The molecule has 0 spiro atoms. The van der Waals surface area contributed by atoms with E-state index in [0.29, 0.717) is 5.82 Å². The van der Waals surface area contributed by atoms with Crippen molar-refractivity contribution >= 4 is 27.4 Å². The molecule has 1 unspecified atom stereocenters. The first-order valence-electron chi connectivity index (χ1n) is 7.15. The fourth-order valence-corrected chi connectivity index (χ4v) is 3.26. The Kier molecular flexibility index (Phi) is 4.40. The van der Waals surface area contributed by atoms with Crippen LogP contribution in [0, 0.1) is 5.82 Å². The van der Waals surface area contributed by atoms with Crippen molar-refractivity contribution < 1.29 is 17.6 Å². The second kappa shape index (κ2) is 6.35. The van der Waals surface area contributed by atoms with Crippen LogP contribution in [0.3, 0.4) is 0 Å². The fourth-order valence-electron chi connectivity index (χ4n) is 2.53. The van der Waals surface area contributed by atoms with Crippen molar-refractivity contribution in [1.82, 2.24) is 9.97 Å². The Morgan fingerprint density at radius 2 is 2.00 bits per heavy atom. The number of anilines is 1. The second-order valence-corrected chi connectivity index (χ2v) is 6.31. The quantitative estimate of drug-likeness (QED) is 0.677. The molecule has 1 atom stereocenters. The van der Waals surface area contributed by atoms with E-state index in [0.717, 1.165) is 28.4 Å². The van der Waals surface area contributed by atoms with Gasteiger partial charge in [-0.15, -0.1) is 11.3 Å². The molecule has 0 aliphatic rings. The number of fused-ring (bicyclic) bond motifs is 1. The monoisotopic (exact) mass is 355 g/mol. The molecule has 0 saturated heterocycles. The summed E-state index contributed by atoms with van der Waals surface area (Å²) in [7, 11) is 0. The van der Waals surface area contributed by atoms with E-state index in [-0.39, 0.29) is 18.0 Å². The Balaban J connectivity index is 1.84. The number of hydrogen-bond acceptors (Lipinski definition) is 4. The third-order valence-corrected chi connectivity index (χ3v) is 4.36. The van der Waals surface area contributed by atoms with Gasteiger partial charge >= 0.3 is 6.18 Å². The number of alkyl halides is 3. The van der Waals surface area contributed by atoms with Crippen LogP contribution in [-0.2, 0) is 12.6 Å². The van der Waals surface area contributed by atoms with Crippen LogP contribution in [0.15, 0.2) is 36.0 Å². The lowest BCUT2D eigenvalue weighted by Crippen LogP contribution is -2.21. The molecule has 1 aromatic carbocycles. The topological polar surface area (TPSA) is 37.8 Å². The van der Waals surface area contributed by atoms with Crippen molar-refractivity contribution in [3.05, 3.63) is 52.9 Å². The third-order valence-electron chi connectivity index (χ3n) is 3.54. The normalized spacial score (nSPS) is 13.2. The van der Waals surface area contributed by atoms with Gasteiger partial charge < -0.3 is 5.32 Å². The Morgan fingerprint density at radius 1 is 1.21 bits per heavy atom. The van der Waals surface area contributed by atoms with Crippen molar-refractivity contribution in [2.45, 2.75) is 25.6 Å². The SMILES string of the molecule is CC(Cc1cc(F)ccc1C(F)(F)F)Nc1ncnc2sccc12. The van der Waals surface area contributed by atoms with Gasteiger partial charge in [0.05, 0.1) is 10.9 Å². The van der Waals surface area contributed by atoms with Gasteiger partial charge in [-0.3, -0.25) is 0 Å². The zero-order chi connectivity index (χ0) is 17.3. The van der Waals surface area contributed by atoms with Crippen LogP contribution in [-0.4, -0.2) is 16.0 Å². The summed E-state index contributed by atoms with van der Waals surface area (Å²) >= 11 is 1.45. The minimum Gasteiger partial charge on any atom is -0.367 e. The number of nitrogens with one attached hydrogen (secondary N) is 1. The maximum atomic E-state index is 13.4. The van der Waals surface area contributed by atoms with Gasteiger partial charge in [0.1, 0.15) is 22.8 Å². The Hall–Kier alpha value is -2.22. The van der Waals surface area contributed by atoms with Crippen LogP contribution in [0.5, 0.6) is 0 Å². The van der Waals surface area contributed by atoms with E-state index in [4.69, 9.17) is 0 Å². The summed E-state index contributed by atoms with van der Waals surface area (Å²) in [6.45, 7) is 1.73. The van der Waals surface area contributed by atoms with Gasteiger partial charge in [0, 0.05) is 6.04 Å². The maximum Gasteiger partial charge on any atom is 0.416 e. The summed E-state index contributed by atoms with van der Waals surface area (Å²) in [6, 6.07) is 4.01. The van der Waals surface area contributed by atoms with Gasteiger partial charge in [-0.05, 0) is 48.6 Å². The smallest absolute Gasteiger partial charge is 0.367 e. The predicted octanol–water partition coefficient (Wildman–Crippen LogP) is 4.89. The molecule has 0 amide bonds. The average molecular weight is 355 g/mol. The molecule has 1 N–H and O–H groups in total. The van der Waals surface area contributed by atoms with Crippen LogP contribution in [0.4, 0.5) is 23.4 Å². The van der Waals surface area contributed by atoms with E-state index < -0.39 is 17.6 Å². The lowest BCUT2D eigenvalue weighted by atomic mass is 10.00. The molecule has 2 aromatic heterocycles. The van der Waals surface area contributed by atoms with Crippen LogP contribution < -0.4 is 5.32 Å². The van der Waals surface area contributed by atoms with Crippen molar-refractivity contribution in [2.75, 3.05) is 5.32 Å². The summed E-state index contributed by atoms with van der Waals surface area (Å²) in [5.74, 6) is -0.133. The molecule has 126 valence electrons. The van der Waals surface area contributed by atoms with Gasteiger partial charge in [-0.2, -0.15) is 13.2 Å². The number of nitrogens with zero attached hydrogens (tertiary/aromatic N) is 2. The molecule has 0 saturated carbocycles. The van der Waals surface area contributed by atoms with Crippen LogP contribution in [0.2, 0.25) is 0 Å². The molecular formula is C16H13F4N3S. The van der Waals surface area contributed by atoms with Crippen LogP contribution in [0.25, 0.3) is 10.2 Å². The Bertz CT molecular complexity index is 860. The molecule has 3 rings (SSSR count). The first-order valence-corrected chi connectivity index (χ1v) is 8.03. The molecule has 3 nitrogen and oxygen atoms in total. The van der Waals surface area contributed by atoms with Gasteiger partial charge in [-0.1, -0.05) is 0 Å². The predicted molar refractivity (Wildman–Crippen MR) is 85.6 cm³/mol. The summed E-state index contributed by atoms with van der Waals surface area (Å²) in [5, 5.41) is 5.76. The highest BCUT2D eigenvalue weighted by atomic mass is 32.1. The number of halogens is 4. The first kappa shape index (κ1) is 16.6. The highest BCUT2D eigenvalue weighted by Gasteiger charge is 2.33. The van der Waals surface area contributed by atoms with Crippen molar-refractivity contribution in [1.29, 1.82) is 0 Å². The largest absolute Gasteiger partial charge is 0.416 e. The Morgan fingerprint density at radius 3 is 2.75 bits per heavy atom. The molecule has 0 fully saturated rings. The number of rotatable bonds is 4. The van der Waals surface area contributed by atoms with E-state index in [1.807, 2.05) is 11.4 Å². The van der Waals surface area contributed by atoms with Crippen molar-refractivity contribution in [2.24, 2.45) is 0 Å². The van der Waals surface area contributed by atoms with Gasteiger partial charge in [0.2, 0.25) is 0 Å². The zero-order valence-electron chi connectivity index (χ0n) is 12.6.